The van der Waals surface area contributed by atoms with Crippen LogP contribution in [-0.2, 0) is 13.2 Å². The lowest BCUT2D eigenvalue weighted by Gasteiger charge is -2.11. The predicted octanol–water partition coefficient (Wildman–Crippen LogP) is 2.47. The third kappa shape index (κ3) is 3.45. The Morgan fingerprint density at radius 3 is 2.84 bits per heavy atom. The molecule has 0 amide bonds. The summed E-state index contributed by atoms with van der Waals surface area (Å²) in [5.41, 5.74) is 2.56. The lowest BCUT2D eigenvalue weighted by molar-refractivity contribution is 0.258. The van der Waals surface area contributed by atoms with E-state index in [2.05, 4.69) is 4.98 Å². The van der Waals surface area contributed by atoms with Crippen molar-refractivity contribution in [2.24, 2.45) is 0 Å². The van der Waals surface area contributed by atoms with Crippen molar-refractivity contribution in [3.05, 3.63) is 53.3 Å². The smallest absolute Gasteiger partial charge is 0.128 e. The van der Waals surface area contributed by atoms with Gasteiger partial charge >= 0.3 is 0 Å². The molecule has 0 saturated heterocycles. The average Bonchev–Trinajstić information content (AvgIpc) is 2.45. The fraction of sp³-hybridized carbons (Fsp3) is 0.267. The first-order valence-electron chi connectivity index (χ1n) is 6.05. The van der Waals surface area contributed by atoms with Crippen LogP contribution in [0.1, 0.15) is 16.8 Å². The van der Waals surface area contributed by atoms with Crippen LogP contribution >= 0.6 is 0 Å². The first kappa shape index (κ1) is 13.4. The minimum Gasteiger partial charge on any atom is -0.497 e. The zero-order valence-corrected chi connectivity index (χ0v) is 11.1. The van der Waals surface area contributed by atoms with E-state index in [1.165, 1.54) is 0 Å². The number of benzene rings is 1. The van der Waals surface area contributed by atoms with E-state index in [1.54, 1.807) is 13.3 Å². The second-order valence-electron chi connectivity index (χ2n) is 4.23. The van der Waals surface area contributed by atoms with Crippen molar-refractivity contribution in [3.8, 4) is 11.5 Å². The molecule has 0 atom stereocenters. The van der Waals surface area contributed by atoms with Crippen LogP contribution in [0.5, 0.6) is 11.5 Å². The number of methoxy groups -OCH3 is 1. The van der Waals surface area contributed by atoms with E-state index in [1.807, 2.05) is 37.3 Å². The van der Waals surface area contributed by atoms with E-state index < -0.39 is 0 Å². The molecule has 0 bridgehead atoms. The Labute approximate surface area is 112 Å². The topological polar surface area (TPSA) is 51.6 Å². The maximum atomic E-state index is 9.25. The highest BCUT2D eigenvalue weighted by molar-refractivity contribution is 5.33. The number of aliphatic hydroxyl groups is 1. The average molecular weight is 259 g/mol. The van der Waals surface area contributed by atoms with E-state index in [4.69, 9.17) is 9.47 Å². The van der Waals surface area contributed by atoms with Crippen LogP contribution in [-0.4, -0.2) is 17.2 Å². The molecule has 2 aromatic rings. The number of aromatic nitrogens is 1. The summed E-state index contributed by atoms with van der Waals surface area (Å²) in [6.07, 6.45) is 1.64. The van der Waals surface area contributed by atoms with Crippen molar-refractivity contribution in [2.45, 2.75) is 20.1 Å². The molecule has 0 radical (unpaired) electrons. The highest BCUT2D eigenvalue weighted by atomic mass is 16.5. The highest BCUT2D eigenvalue weighted by Gasteiger charge is 2.05. The van der Waals surface area contributed by atoms with Gasteiger partial charge in [-0.2, -0.15) is 0 Å². The Kier molecular flexibility index (Phi) is 4.36. The van der Waals surface area contributed by atoms with Gasteiger partial charge in [0, 0.05) is 23.5 Å². The number of hydrogen-bond donors (Lipinski definition) is 1. The molecule has 0 unspecified atom stereocenters. The Hall–Kier alpha value is -2.07. The van der Waals surface area contributed by atoms with Gasteiger partial charge in [-0.3, -0.25) is 4.98 Å². The molecule has 0 fully saturated rings. The van der Waals surface area contributed by atoms with E-state index in [0.717, 1.165) is 17.0 Å². The number of pyridine rings is 1. The van der Waals surface area contributed by atoms with Gasteiger partial charge in [0.1, 0.15) is 18.1 Å². The zero-order chi connectivity index (χ0) is 13.7. The zero-order valence-electron chi connectivity index (χ0n) is 11.1. The van der Waals surface area contributed by atoms with Crippen molar-refractivity contribution in [1.29, 1.82) is 0 Å². The van der Waals surface area contributed by atoms with Gasteiger partial charge in [0.15, 0.2) is 0 Å². The SMILES string of the molecule is COc1cccc(COc2cc(C)ncc2CO)c1. The number of nitrogens with zero attached hydrogens (tertiary/aromatic N) is 1. The van der Waals surface area contributed by atoms with Gasteiger partial charge in [0.25, 0.3) is 0 Å². The van der Waals surface area contributed by atoms with Crippen LogP contribution in [0.25, 0.3) is 0 Å². The maximum Gasteiger partial charge on any atom is 0.128 e. The molecule has 19 heavy (non-hydrogen) atoms. The molecule has 1 aromatic heterocycles. The van der Waals surface area contributed by atoms with Crippen LogP contribution in [0.15, 0.2) is 36.5 Å². The summed E-state index contributed by atoms with van der Waals surface area (Å²) in [5, 5.41) is 9.25. The number of ether oxygens (including phenoxy) is 2. The number of aliphatic hydroxyl groups excluding tert-OH is 1. The molecule has 100 valence electrons. The van der Waals surface area contributed by atoms with E-state index >= 15 is 0 Å². The normalized spacial score (nSPS) is 10.3. The van der Waals surface area contributed by atoms with Crippen molar-refractivity contribution in [2.75, 3.05) is 7.11 Å². The van der Waals surface area contributed by atoms with Crippen molar-refractivity contribution < 1.29 is 14.6 Å². The quantitative estimate of drug-likeness (QED) is 0.896. The lowest BCUT2D eigenvalue weighted by atomic mass is 10.2. The van der Waals surface area contributed by atoms with E-state index in [9.17, 15) is 5.11 Å². The molecule has 4 nitrogen and oxygen atoms in total. The first-order chi connectivity index (χ1) is 9.22. The monoisotopic (exact) mass is 259 g/mol. The first-order valence-corrected chi connectivity index (χ1v) is 6.05. The summed E-state index contributed by atoms with van der Waals surface area (Å²) in [5.74, 6) is 1.47. The van der Waals surface area contributed by atoms with Crippen molar-refractivity contribution >= 4 is 0 Å². The number of aryl methyl sites for hydroxylation is 1. The highest BCUT2D eigenvalue weighted by Crippen LogP contribution is 2.21. The van der Waals surface area contributed by atoms with E-state index in [-0.39, 0.29) is 6.61 Å². The minimum atomic E-state index is -0.0826. The van der Waals surface area contributed by atoms with Gasteiger partial charge in [0.2, 0.25) is 0 Å². The fourth-order valence-electron chi connectivity index (χ4n) is 1.74. The summed E-state index contributed by atoms with van der Waals surface area (Å²) in [4.78, 5) is 4.13. The second-order valence-corrected chi connectivity index (χ2v) is 4.23. The van der Waals surface area contributed by atoms with Crippen LogP contribution in [0, 0.1) is 6.92 Å². The number of rotatable bonds is 5. The molecule has 1 heterocycles. The summed E-state index contributed by atoms with van der Waals surface area (Å²) >= 11 is 0. The van der Waals surface area contributed by atoms with Crippen LogP contribution < -0.4 is 9.47 Å². The third-order valence-electron chi connectivity index (χ3n) is 2.78. The second kappa shape index (κ2) is 6.20. The van der Waals surface area contributed by atoms with Crippen LogP contribution in [0.3, 0.4) is 0 Å². The van der Waals surface area contributed by atoms with Gasteiger partial charge in [-0.05, 0) is 24.6 Å². The summed E-state index contributed by atoms with van der Waals surface area (Å²) in [7, 11) is 1.63. The molecular weight excluding hydrogens is 242 g/mol. The third-order valence-corrected chi connectivity index (χ3v) is 2.78. The molecule has 0 aliphatic rings. The molecule has 1 aromatic carbocycles. The van der Waals surface area contributed by atoms with Crippen LogP contribution in [0.4, 0.5) is 0 Å². The summed E-state index contributed by atoms with van der Waals surface area (Å²) < 4.78 is 10.9. The van der Waals surface area contributed by atoms with Gasteiger partial charge in [-0.15, -0.1) is 0 Å². The summed E-state index contributed by atoms with van der Waals surface area (Å²) in [6, 6.07) is 9.52. The van der Waals surface area contributed by atoms with Crippen molar-refractivity contribution in [1.82, 2.24) is 4.98 Å². The fourth-order valence-corrected chi connectivity index (χ4v) is 1.74. The Bertz CT molecular complexity index is 555. The molecule has 0 spiro atoms. The molecule has 0 aliphatic heterocycles. The molecule has 4 heteroatoms. The van der Waals surface area contributed by atoms with Gasteiger partial charge in [0.05, 0.1) is 13.7 Å². The largest absolute Gasteiger partial charge is 0.497 e. The predicted molar refractivity (Wildman–Crippen MR) is 72.2 cm³/mol. The Morgan fingerprint density at radius 1 is 1.26 bits per heavy atom. The van der Waals surface area contributed by atoms with E-state index in [0.29, 0.717) is 17.9 Å². The van der Waals surface area contributed by atoms with Gasteiger partial charge < -0.3 is 14.6 Å². The van der Waals surface area contributed by atoms with Crippen LogP contribution in [0.2, 0.25) is 0 Å². The Balaban J connectivity index is 2.11. The summed E-state index contributed by atoms with van der Waals surface area (Å²) in [6.45, 7) is 2.23. The van der Waals surface area contributed by atoms with Gasteiger partial charge in [-0.25, -0.2) is 0 Å². The lowest BCUT2D eigenvalue weighted by Crippen LogP contribution is -2.00. The number of hydrogen-bond acceptors (Lipinski definition) is 4. The maximum absolute atomic E-state index is 9.25. The molecule has 0 aliphatic carbocycles. The molecular formula is C15H17NO3. The van der Waals surface area contributed by atoms with Gasteiger partial charge in [-0.1, -0.05) is 12.1 Å². The molecule has 1 N–H and O–H groups in total. The Morgan fingerprint density at radius 2 is 2.11 bits per heavy atom. The molecule has 2 rings (SSSR count). The van der Waals surface area contributed by atoms with Crippen molar-refractivity contribution in [3.63, 3.8) is 0 Å². The minimum absolute atomic E-state index is 0.0826. The molecule has 0 saturated carbocycles. The standard InChI is InChI=1S/C15H17NO3/c1-11-6-15(13(9-17)8-16-11)19-10-12-4-3-5-14(7-12)18-2/h3-8,17H,9-10H2,1-2H3.